The number of amides is 1. The van der Waals surface area contributed by atoms with Gasteiger partial charge in [-0.25, -0.2) is 5.01 Å². The Bertz CT molecular complexity index is 918. The summed E-state index contributed by atoms with van der Waals surface area (Å²) in [6.45, 7) is 1.90. The van der Waals surface area contributed by atoms with Crippen molar-refractivity contribution in [3.63, 3.8) is 0 Å². The molecule has 0 spiro atoms. The van der Waals surface area contributed by atoms with Gasteiger partial charge in [-0.1, -0.05) is 25.1 Å². The Morgan fingerprint density at radius 3 is 2.61 bits per heavy atom. The van der Waals surface area contributed by atoms with E-state index in [0.717, 1.165) is 41.1 Å². The molecule has 146 valence electrons. The fourth-order valence-electron chi connectivity index (χ4n) is 4.29. The molecule has 0 saturated heterocycles. The zero-order valence-corrected chi connectivity index (χ0v) is 17.0. The summed E-state index contributed by atoms with van der Waals surface area (Å²) in [5.74, 6) is 1.10. The van der Waals surface area contributed by atoms with Gasteiger partial charge in [-0.15, -0.1) is 0 Å². The Labute approximate surface area is 166 Å². The maximum atomic E-state index is 12.7. The Hall–Kier alpha value is -2.82. The summed E-state index contributed by atoms with van der Waals surface area (Å²) >= 11 is 0. The molecule has 0 N–H and O–H groups in total. The summed E-state index contributed by atoms with van der Waals surface area (Å²) in [4.78, 5) is 14.8. The minimum atomic E-state index is -0.0435. The van der Waals surface area contributed by atoms with Gasteiger partial charge in [0.2, 0.25) is 5.91 Å². The number of ether oxygens (including phenoxy) is 1. The van der Waals surface area contributed by atoms with Gasteiger partial charge in [-0.3, -0.25) is 4.79 Å². The van der Waals surface area contributed by atoms with Crippen molar-refractivity contribution >= 4 is 17.3 Å². The molecule has 4 rings (SSSR count). The van der Waals surface area contributed by atoms with Crippen molar-refractivity contribution in [3.8, 4) is 5.75 Å². The highest BCUT2D eigenvalue weighted by Crippen LogP contribution is 2.44. The predicted octanol–water partition coefficient (Wildman–Crippen LogP) is 4.02. The van der Waals surface area contributed by atoms with Gasteiger partial charge in [0.15, 0.2) is 0 Å². The minimum Gasteiger partial charge on any atom is -0.497 e. The maximum absolute atomic E-state index is 12.7. The lowest BCUT2D eigenvalue weighted by molar-refractivity contribution is -0.133. The van der Waals surface area contributed by atoms with Crippen molar-refractivity contribution in [1.29, 1.82) is 0 Å². The molecule has 0 radical (unpaired) electrons. The zero-order valence-electron chi connectivity index (χ0n) is 17.0. The van der Waals surface area contributed by atoms with E-state index in [-0.39, 0.29) is 17.9 Å². The first-order valence-electron chi connectivity index (χ1n) is 9.88. The fourth-order valence-corrected chi connectivity index (χ4v) is 4.29. The normalized spacial score (nSPS) is 20.3. The molecule has 0 unspecified atom stereocenters. The van der Waals surface area contributed by atoms with Crippen molar-refractivity contribution in [2.24, 2.45) is 11.0 Å². The van der Waals surface area contributed by atoms with Crippen molar-refractivity contribution in [3.05, 3.63) is 59.2 Å². The number of methoxy groups -OCH3 is 1. The fraction of sp³-hybridized carbons (Fsp3) is 0.391. The van der Waals surface area contributed by atoms with Crippen LogP contribution < -0.4 is 9.64 Å². The van der Waals surface area contributed by atoms with Crippen molar-refractivity contribution in [2.45, 2.75) is 32.2 Å². The number of benzene rings is 2. The van der Waals surface area contributed by atoms with Crippen LogP contribution in [0.5, 0.6) is 5.75 Å². The quantitative estimate of drug-likeness (QED) is 0.808. The number of hydrogen-bond donors (Lipinski definition) is 0. The summed E-state index contributed by atoms with van der Waals surface area (Å²) in [5.41, 5.74) is 5.71. The third-order valence-electron chi connectivity index (χ3n) is 5.84. The summed E-state index contributed by atoms with van der Waals surface area (Å²) in [5, 5.41) is 6.57. The molecule has 2 aliphatic rings. The monoisotopic (exact) mass is 377 g/mol. The molecule has 0 fully saturated rings. The molecule has 0 aromatic heterocycles. The second-order valence-electron chi connectivity index (χ2n) is 7.68. The predicted molar refractivity (Wildman–Crippen MR) is 112 cm³/mol. The maximum Gasteiger partial charge on any atom is 0.242 e. The Morgan fingerprint density at radius 1 is 1.21 bits per heavy atom. The molecule has 5 nitrogen and oxygen atoms in total. The molecule has 5 heteroatoms. The number of aryl methyl sites for hydroxylation is 1. The Kier molecular flexibility index (Phi) is 4.84. The second kappa shape index (κ2) is 7.30. The molecule has 2 aromatic rings. The largest absolute Gasteiger partial charge is 0.497 e. The van der Waals surface area contributed by atoms with Gasteiger partial charge in [0.05, 0.1) is 18.9 Å². The van der Waals surface area contributed by atoms with Crippen molar-refractivity contribution in [1.82, 2.24) is 5.01 Å². The second-order valence-corrected chi connectivity index (χ2v) is 7.68. The number of carbonyl (C=O) groups is 1. The number of hydrazone groups is 1. The van der Waals surface area contributed by atoms with Gasteiger partial charge >= 0.3 is 0 Å². The van der Waals surface area contributed by atoms with Crippen LogP contribution in [0.4, 0.5) is 5.69 Å². The van der Waals surface area contributed by atoms with Crippen molar-refractivity contribution in [2.75, 3.05) is 26.1 Å². The van der Waals surface area contributed by atoms with E-state index >= 15 is 0 Å². The van der Waals surface area contributed by atoms with Crippen molar-refractivity contribution < 1.29 is 9.53 Å². The average molecular weight is 377 g/mol. The first kappa shape index (κ1) is 18.5. The van der Waals surface area contributed by atoms with Gasteiger partial charge in [-0.2, -0.15) is 5.10 Å². The summed E-state index contributed by atoms with van der Waals surface area (Å²) < 4.78 is 5.43. The van der Waals surface area contributed by atoms with E-state index in [4.69, 9.17) is 9.84 Å². The third kappa shape index (κ3) is 3.05. The van der Waals surface area contributed by atoms with Gasteiger partial charge < -0.3 is 9.64 Å². The first-order chi connectivity index (χ1) is 13.5. The molecule has 0 saturated carbocycles. The summed E-state index contributed by atoms with van der Waals surface area (Å²) in [7, 11) is 5.74. The lowest BCUT2D eigenvalue weighted by Crippen LogP contribution is -2.31. The number of nitrogens with zero attached hydrogens (tertiary/aromatic N) is 3. The van der Waals surface area contributed by atoms with Crippen LogP contribution in [-0.4, -0.2) is 37.8 Å². The number of carbonyl (C=O) groups excluding carboxylic acids is 1. The van der Waals surface area contributed by atoms with E-state index in [1.54, 1.807) is 12.1 Å². The Morgan fingerprint density at radius 2 is 1.96 bits per heavy atom. The molecule has 1 heterocycles. The number of rotatable bonds is 4. The van der Waals surface area contributed by atoms with Gasteiger partial charge in [-0.05, 0) is 48.2 Å². The van der Waals surface area contributed by atoms with Crippen LogP contribution in [0.25, 0.3) is 0 Å². The number of anilines is 1. The third-order valence-corrected chi connectivity index (χ3v) is 5.84. The van der Waals surface area contributed by atoms with E-state index < -0.39 is 0 Å². The molecule has 0 bridgehead atoms. The lowest BCUT2D eigenvalue weighted by Gasteiger charge is -2.30. The first-order valence-corrected chi connectivity index (χ1v) is 9.88. The Balaban J connectivity index is 1.77. The van der Waals surface area contributed by atoms with Crippen LogP contribution in [0.3, 0.4) is 0 Å². The average Bonchev–Trinajstić information content (AvgIpc) is 3.12. The van der Waals surface area contributed by atoms with Crippen LogP contribution in [0.15, 0.2) is 47.6 Å². The number of fused-ring (bicyclic) bond motifs is 3. The van der Waals surface area contributed by atoms with E-state index in [1.807, 2.05) is 27.1 Å². The smallest absolute Gasteiger partial charge is 0.242 e. The topological polar surface area (TPSA) is 45.1 Å². The lowest BCUT2D eigenvalue weighted by atomic mass is 9.77. The zero-order chi connectivity index (χ0) is 19.8. The highest BCUT2D eigenvalue weighted by molar-refractivity contribution is 6.07. The molecule has 28 heavy (non-hydrogen) atoms. The molecule has 2 aromatic carbocycles. The van der Waals surface area contributed by atoms with Crippen LogP contribution in [-0.2, 0) is 11.2 Å². The highest BCUT2D eigenvalue weighted by atomic mass is 16.5. The summed E-state index contributed by atoms with van der Waals surface area (Å²) in [6, 6.07) is 14.6. The highest BCUT2D eigenvalue weighted by Gasteiger charge is 2.43. The van der Waals surface area contributed by atoms with Crippen LogP contribution in [0.2, 0.25) is 0 Å². The van der Waals surface area contributed by atoms with Gasteiger partial charge in [0.1, 0.15) is 5.75 Å². The number of hydrogen-bond acceptors (Lipinski definition) is 4. The van der Waals surface area contributed by atoms with Crippen LogP contribution >= 0.6 is 0 Å². The molecular formula is C23H27N3O2. The van der Waals surface area contributed by atoms with E-state index in [2.05, 4.69) is 41.3 Å². The SMILES string of the molecule is CCC(=O)N1N=C2c3cc(OC)ccc3CC[C@@H]2[C@H]1c1ccc(N(C)C)cc1. The van der Waals surface area contributed by atoms with Crippen LogP contribution in [0.1, 0.15) is 42.5 Å². The van der Waals surface area contributed by atoms with E-state index in [1.165, 1.54) is 5.56 Å². The van der Waals surface area contributed by atoms with E-state index in [9.17, 15) is 4.79 Å². The molecule has 1 aliphatic carbocycles. The van der Waals surface area contributed by atoms with Crippen LogP contribution in [0, 0.1) is 5.92 Å². The summed E-state index contributed by atoms with van der Waals surface area (Å²) in [6.07, 6.45) is 2.43. The minimum absolute atomic E-state index is 0.0435. The molecule has 1 aliphatic heterocycles. The standard InChI is InChI=1S/C23H27N3O2/c1-5-21(27)26-23(16-6-10-17(11-7-16)25(2)3)19-13-9-15-8-12-18(28-4)14-20(15)22(19)24-26/h6-8,10-12,14,19,23H,5,9,13H2,1-4H3/t19-,23+/m0/s1. The molecular weight excluding hydrogens is 350 g/mol. The van der Waals surface area contributed by atoms with Gasteiger partial charge in [0, 0.05) is 37.7 Å². The molecule has 1 amide bonds. The van der Waals surface area contributed by atoms with Gasteiger partial charge in [0.25, 0.3) is 0 Å². The molecule has 2 atom stereocenters. The van der Waals surface area contributed by atoms with E-state index in [0.29, 0.717) is 6.42 Å².